The number of aliphatic hydroxyl groups is 1. The van der Waals surface area contributed by atoms with Crippen molar-refractivity contribution in [2.75, 3.05) is 5.32 Å². The standard InChI is InChI=1S/C27H24ClF3N2O4S/c1-14-7-17-9-19(12-20(14)27(17,35)16-3-2-6-32-13-16)38(36,37)24-8-15(4-5-21(24)28)26(34)33-18-10-22(29)25(31)23(30)11-18/h2-6,8,10-11,13-14,17,19-20,35H,7,9,12H2,1H3,(H,33,34)/t14-,17?,19?,20+,27+/m0/s1. The van der Waals surface area contributed by atoms with Gasteiger partial charge in [0.05, 0.1) is 20.8 Å². The van der Waals surface area contributed by atoms with Crippen molar-refractivity contribution in [3.05, 3.63) is 88.5 Å². The number of carbonyl (C=O) groups is 1. The number of hydrogen-bond acceptors (Lipinski definition) is 5. The number of benzene rings is 2. The number of nitrogens with zero attached hydrogens (tertiary/aromatic N) is 1. The fourth-order valence-electron chi connectivity index (χ4n) is 6.09. The molecular weight excluding hydrogens is 541 g/mol. The van der Waals surface area contributed by atoms with Gasteiger partial charge in [-0.25, -0.2) is 21.6 Å². The van der Waals surface area contributed by atoms with Crippen LogP contribution in [0, 0.1) is 35.2 Å². The van der Waals surface area contributed by atoms with Gasteiger partial charge in [-0.3, -0.25) is 9.78 Å². The van der Waals surface area contributed by atoms with Crippen molar-refractivity contribution in [3.63, 3.8) is 0 Å². The molecule has 1 heterocycles. The van der Waals surface area contributed by atoms with Crippen molar-refractivity contribution in [1.82, 2.24) is 4.98 Å². The van der Waals surface area contributed by atoms with Gasteiger partial charge in [0.15, 0.2) is 27.3 Å². The van der Waals surface area contributed by atoms with Gasteiger partial charge >= 0.3 is 0 Å². The van der Waals surface area contributed by atoms with Gasteiger partial charge in [-0.05, 0) is 61.3 Å². The molecule has 2 unspecified atom stereocenters. The van der Waals surface area contributed by atoms with E-state index in [9.17, 15) is 31.5 Å². The molecule has 2 aliphatic rings. The average Bonchev–Trinajstić information content (AvgIpc) is 3.00. The molecule has 3 aromatic rings. The van der Waals surface area contributed by atoms with Crippen LogP contribution in [0.1, 0.15) is 42.1 Å². The minimum atomic E-state index is -4.03. The molecule has 200 valence electrons. The predicted molar refractivity (Wildman–Crippen MR) is 135 cm³/mol. The molecule has 2 fully saturated rings. The number of amides is 1. The fourth-order valence-corrected chi connectivity index (χ4v) is 8.47. The second kappa shape index (κ2) is 9.66. The lowest BCUT2D eigenvalue weighted by atomic mass is 9.70. The van der Waals surface area contributed by atoms with Crippen LogP contribution in [0.5, 0.6) is 0 Å². The fraction of sp³-hybridized carbons (Fsp3) is 0.333. The number of rotatable bonds is 5. The molecule has 0 spiro atoms. The van der Waals surface area contributed by atoms with Gasteiger partial charge in [0.2, 0.25) is 0 Å². The maximum absolute atomic E-state index is 13.8. The Bertz CT molecular complexity index is 1500. The summed E-state index contributed by atoms with van der Waals surface area (Å²) in [6.45, 7) is 2.00. The highest BCUT2D eigenvalue weighted by Crippen LogP contribution is 2.59. The first-order valence-corrected chi connectivity index (χ1v) is 14.0. The number of hydrogen-bond donors (Lipinski definition) is 2. The van der Waals surface area contributed by atoms with Gasteiger partial charge in [-0.2, -0.15) is 0 Å². The van der Waals surface area contributed by atoms with Crippen molar-refractivity contribution in [2.24, 2.45) is 17.8 Å². The Morgan fingerprint density at radius 1 is 1.11 bits per heavy atom. The Morgan fingerprint density at radius 3 is 2.45 bits per heavy atom. The molecule has 0 saturated heterocycles. The van der Waals surface area contributed by atoms with Gasteiger partial charge in [0.25, 0.3) is 5.91 Å². The zero-order chi connectivity index (χ0) is 27.4. The molecule has 0 radical (unpaired) electrons. The first kappa shape index (κ1) is 26.6. The molecule has 2 aliphatic carbocycles. The lowest BCUT2D eigenvalue weighted by Crippen LogP contribution is -2.46. The van der Waals surface area contributed by atoms with Crippen LogP contribution in [0.2, 0.25) is 5.02 Å². The third kappa shape index (κ3) is 4.38. The SMILES string of the molecule is C[C@H]1CC2CC(S(=O)(=O)c3cc(C(=O)Nc4cc(F)c(F)c(F)c4)ccc3Cl)C[C@H]1[C@@]2(O)c1cccnc1. The molecule has 11 heteroatoms. The van der Waals surface area contributed by atoms with Gasteiger partial charge in [0, 0.05) is 41.3 Å². The minimum Gasteiger partial charge on any atom is -0.385 e. The summed E-state index contributed by atoms with van der Waals surface area (Å²) < 4.78 is 67.9. The third-order valence-corrected chi connectivity index (χ3v) is 10.6. The Kier molecular flexibility index (Phi) is 6.77. The van der Waals surface area contributed by atoms with Crippen LogP contribution in [-0.2, 0) is 15.4 Å². The second-order valence-corrected chi connectivity index (χ2v) is 12.7. The van der Waals surface area contributed by atoms with Crippen LogP contribution >= 0.6 is 11.6 Å². The van der Waals surface area contributed by atoms with Crippen molar-refractivity contribution < 1.29 is 31.5 Å². The van der Waals surface area contributed by atoms with E-state index < -0.39 is 44.0 Å². The first-order valence-electron chi connectivity index (χ1n) is 12.0. The van der Waals surface area contributed by atoms with E-state index in [4.69, 9.17) is 11.6 Å². The molecule has 5 atom stereocenters. The molecular formula is C27H24ClF3N2O4S. The van der Waals surface area contributed by atoms with Crippen LogP contribution in [0.25, 0.3) is 0 Å². The first-order chi connectivity index (χ1) is 17.9. The highest BCUT2D eigenvalue weighted by molar-refractivity contribution is 7.92. The number of halogens is 4. The maximum Gasteiger partial charge on any atom is 0.255 e. The minimum absolute atomic E-state index is 0.0751. The molecule has 1 aromatic heterocycles. The van der Waals surface area contributed by atoms with Gasteiger partial charge in [-0.15, -0.1) is 0 Å². The summed E-state index contributed by atoms with van der Waals surface area (Å²) in [4.78, 5) is 16.6. The van der Waals surface area contributed by atoms with E-state index >= 15 is 0 Å². The summed E-state index contributed by atoms with van der Waals surface area (Å²) in [5.41, 5.74) is -0.971. The highest BCUT2D eigenvalue weighted by Gasteiger charge is 2.59. The number of fused-ring (bicyclic) bond motifs is 2. The number of nitrogens with one attached hydrogen (secondary N) is 1. The average molecular weight is 565 g/mol. The molecule has 2 N–H and O–H groups in total. The number of carbonyl (C=O) groups excluding carboxylic acids is 1. The van der Waals surface area contributed by atoms with E-state index in [0.29, 0.717) is 24.1 Å². The number of pyridine rings is 1. The molecule has 5 rings (SSSR count). The Balaban J connectivity index is 1.43. The van der Waals surface area contributed by atoms with Crippen LogP contribution in [-0.4, -0.2) is 29.7 Å². The van der Waals surface area contributed by atoms with Crippen molar-refractivity contribution in [1.29, 1.82) is 0 Å². The van der Waals surface area contributed by atoms with Crippen LogP contribution in [0.3, 0.4) is 0 Å². The number of aromatic nitrogens is 1. The van der Waals surface area contributed by atoms with E-state index in [-0.39, 0.29) is 51.8 Å². The largest absolute Gasteiger partial charge is 0.385 e. The van der Waals surface area contributed by atoms with Crippen molar-refractivity contribution in [2.45, 2.75) is 41.9 Å². The van der Waals surface area contributed by atoms with Gasteiger partial charge in [-0.1, -0.05) is 24.6 Å². The summed E-state index contributed by atoms with van der Waals surface area (Å²) in [5, 5.41) is 13.1. The summed E-state index contributed by atoms with van der Waals surface area (Å²) in [6, 6.07) is 8.44. The zero-order valence-corrected chi connectivity index (χ0v) is 21.7. The van der Waals surface area contributed by atoms with Crippen molar-refractivity contribution in [3.8, 4) is 0 Å². The summed E-state index contributed by atoms with van der Waals surface area (Å²) in [7, 11) is -4.03. The van der Waals surface area contributed by atoms with E-state index in [1.54, 1.807) is 24.5 Å². The van der Waals surface area contributed by atoms with Gasteiger partial charge < -0.3 is 10.4 Å². The monoisotopic (exact) mass is 564 g/mol. The Morgan fingerprint density at radius 2 is 1.82 bits per heavy atom. The highest BCUT2D eigenvalue weighted by atomic mass is 35.5. The topological polar surface area (TPSA) is 96.4 Å². The van der Waals surface area contributed by atoms with Gasteiger partial charge in [0.1, 0.15) is 0 Å². The van der Waals surface area contributed by atoms with Crippen LogP contribution in [0.4, 0.5) is 18.9 Å². The Labute approximate surface area is 222 Å². The molecule has 0 aliphatic heterocycles. The predicted octanol–water partition coefficient (Wildman–Crippen LogP) is 5.50. The normalized spacial score (nSPS) is 26.8. The van der Waals surface area contributed by atoms with E-state index in [2.05, 4.69) is 10.3 Å². The smallest absolute Gasteiger partial charge is 0.255 e. The molecule has 2 saturated carbocycles. The van der Waals surface area contributed by atoms with E-state index in [1.807, 2.05) is 6.92 Å². The lowest BCUT2D eigenvalue weighted by Gasteiger charge is -2.43. The molecule has 2 bridgehead atoms. The van der Waals surface area contributed by atoms with Crippen LogP contribution in [0.15, 0.2) is 59.8 Å². The van der Waals surface area contributed by atoms with Crippen LogP contribution < -0.4 is 5.32 Å². The second-order valence-electron chi connectivity index (χ2n) is 10.1. The van der Waals surface area contributed by atoms with Crippen molar-refractivity contribution >= 4 is 33.0 Å². The molecule has 2 aromatic carbocycles. The van der Waals surface area contributed by atoms with E-state index in [1.165, 1.54) is 12.1 Å². The quantitative estimate of drug-likeness (QED) is 0.399. The maximum atomic E-state index is 13.8. The summed E-state index contributed by atoms with van der Waals surface area (Å²) in [6.07, 6.45) is 4.29. The zero-order valence-electron chi connectivity index (χ0n) is 20.2. The Hall–Kier alpha value is -2.95. The molecule has 1 amide bonds. The number of sulfone groups is 1. The number of anilines is 1. The molecule has 6 nitrogen and oxygen atoms in total. The summed E-state index contributed by atoms with van der Waals surface area (Å²) in [5.74, 6) is -6.04. The molecule has 38 heavy (non-hydrogen) atoms. The lowest BCUT2D eigenvalue weighted by molar-refractivity contribution is -0.0701. The third-order valence-electron chi connectivity index (χ3n) is 7.90. The summed E-state index contributed by atoms with van der Waals surface area (Å²) >= 11 is 6.28. The van der Waals surface area contributed by atoms with E-state index in [0.717, 1.165) is 6.07 Å².